The molecule has 2 aliphatic heterocycles. The molecule has 1 fully saturated rings. The summed E-state index contributed by atoms with van der Waals surface area (Å²) in [7, 11) is 0. The maximum Gasteiger partial charge on any atom is 0.262 e. The van der Waals surface area contributed by atoms with Crippen LogP contribution in [0.5, 0.6) is 0 Å². The molecule has 0 spiro atoms. The molecule has 1 unspecified atom stereocenters. The number of aromatic nitrogens is 1. The highest BCUT2D eigenvalue weighted by Crippen LogP contribution is 2.34. The minimum absolute atomic E-state index is 0.0705. The third kappa shape index (κ3) is 2.56. The largest absolute Gasteiger partial charge is 0.356 e. The van der Waals surface area contributed by atoms with Gasteiger partial charge in [0.25, 0.3) is 5.91 Å². The Bertz CT molecular complexity index is 752. The van der Waals surface area contributed by atoms with Crippen molar-refractivity contribution in [3.05, 3.63) is 53.7 Å². The molecule has 1 atom stereocenters. The lowest BCUT2D eigenvalue weighted by atomic mass is 10.1. The zero-order chi connectivity index (χ0) is 16.5. The average Bonchev–Trinajstić information content (AvgIpc) is 2.97. The van der Waals surface area contributed by atoms with E-state index in [1.807, 2.05) is 35.2 Å². The van der Waals surface area contributed by atoms with E-state index in [1.165, 1.54) is 24.8 Å². The van der Waals surface area contributed by atoms with Crippen molar-refractivity contribution in [3.8, 4) is 0 Å². The van der Waals surface area contributed by atoms with E-state index in [0.717, 1.165) is 36.6 Å². The second-order valence-electron chi connectivity index (χ2n) is 6.78. The van der Waals surface area contributed by atoms with Crippen LogP contribution in [0.25, 0.3) is 0 Å². The van der Waals surface area contributed by atoms with Gasteiger partial charge in [-0.25, -0.2) is 4.98 Å². The summed E-state index contributed by atoms with van der Waals surface area (Å²) in [5.74, 6) is 0.917. The van der Waals surface area contributed by atoms with Gasteiger partial charge in [-0.05, 0) is 56.4 Å². The van der Waals surface area contributed by atoms with Gasteiger partial charge >= 0.3 is 0 Å². The second kappa shape index (κ2) is 6.27. The molecule has 0 radical (unpaired) electrons. The Balaban J connectivity index is 1.70. The summed E-state index contributed by atoms with van der Waals surface area (Å²) < 4.78 is 0. The molecule has 24 heavy (non-hydrogen) atoms. The van der Waals surface area contributed by atoms with Gasteiger partial charge in [0.15, 0.2) is 0 Å². The molecule has 4 heteroatoms. The monoisotopic (exact) mass is 321 g/mol. The second-order valence-corrected chi connectivity index (χ2v) is 6.78. The number of anilines is 2. The number of carbonyl (C=O) groups is 1. The normalized spacial score (nSPS) is 20.1. The van der Waals surface area contributed by atoms with Crippen molar-refractivity contribution in [2.45, 2.75) is 38.6 Å². The van der Waals surface area contributed by atoms with Crippen molar-refractivity contribution < 1.29 is 4.79 Å². The first kappa shape index (κ1) is 15.2. The Hall–Kier alpha value is -2.36. The Morgan fingerprint density at radius 3 is 2.71 bits per heavy atom. The van der Waals surface area contributed by atoms with Gasteiger partial charge in [-0.1, -0.05) is 18.2 Å². The van der Waals surface area contributed by atoms with Crippen LogP contribution in [0.3, 0.4) is 0 Å². The van der Waals surface area contributed by atoms with E-state index in [1.54, 1.807) is 6.20 Å². The third-order valence-corrected chi connectivity index (χ3v) is 5.10. The van der Waals surface area contributed by atoms with Gasteiger partial charge in [-0.3, -0.25) is 4.79 Å². The molecule has 2 aromatic rings. The summed E-state index contributed by atoms with van der Waals surface area (Å²) in [5.41, 5.74) is 3.02. The summed E-state index contributed by atoms with van der Waals surface area (Å²) >= 11 is 0. The first-order valence-corrected chi connectivity index (χ1v) is 8.87. The highest BCUT2D eigenvalue weighted by Gasteiger charge is 2.33. The predicted octanol–water partition coefficient (Wildman–Crippen LogP) is 3.66. The molecule has 2 aliphatic rings. The maximum atomic E-state index is 13.3. The van der Waals surface area contributed by atoms with Gasteiger partial charge in [0.1, 0.15) is 5.82 Å². The highest BCUT2D eigenvalue weighted by atomic mass is 16.2. The minimum atomic E-state index is 0.0705. The summed E-state index contributed by atoms with van der Waals surface area (Å²) in [5, 5.41) is 0. The van der Waals surface area contributed by atoms with Gasteiger partial charge in [0.2, 0.25) is 0 Å². The number of carbonyl (C=O) groups excluding carboxylic acids is 1. The topological polar surface area (TPSA) is 36.4 Å². The SMILES string of the molecule is CC1Cc2ccccc2N1C(=O)c1cccnc1N1CCCCC1. The number of fused-ring (bicyclic) bond motifs is 1. The third-order valence-electron chi connectivity index (χ3n) is 5.10. The number of rotatable bonds is 2. The summed E-state index contributed by atoms with van der Waals surface area (Å²) in [4.78, 5) is 22.1. The van der Waals surface area contributed by atoms with Crippen LogP contribution in [0.4, 0.5) is 11.5 Å². The molecule has 4 rings (SSSR count). The van der Waals surface area contributed by atoms with Crippen LogP contribution >= 0.6 is 0 Å². The van der Waals surface area contributed by atoms with Crippen molar-refractivity contribution in [1.82, 2.24) is 4.98 Å². The molecular weight excluding hydrogens is 298 g/mol. The van der Waals surface area contributed by atoms with Gasteiger partial charge in [-0.15, -0.1) is 0 Å². The minimum Gasteiger partial charge on any atom is -0.356 e. The van der Waals surface area contributed by atoms with E-state index in [4.69, 9.17) is 0 Å². The van der Waals surface area contributed by atoms with E-state index in [2.05, 4.69) is 22.9 Å². The number of hydrogen-bond acceptors (Lipinski definition) is 3. The smallest absolute Gasteiger partial charge is 0.262 e. The number of hydrogen-bond donors (Lipinski definition) is 0. The molecule has 1 amide bonds. The molecule has 1 saturated heterocycles. The fraction of sp³-hybridized carbons (Fsp3) is 0.400. The number of piperidine rings is 1. The number of amides is 1. The van der Waals surface area contributed by atoms with Gasteiger partial charge in [0, 0.05) is 31.0 Å². The highest BCUT2D eigenvalue weighted by molar-refractivity contribution is 6.10. The van der Waals surface area contributed by atoms with Crippen LogP contribution < -0.4 is 9.80 Å². The zero-order valence-corrected chi connectivity index (χ0v) is 14.1. The summed E-state index contributed by atoms with van der Waals surface area (Å²) in [6.45, 7) is 4.10. The summed E-state index contributed by atoms with van der Waals surface area (Å²) in [6.07, 6.45) is 6.33. The molecule has 124 valence electrons. The fourth-order valence-corrected chi connectivity index (χ4v) is 3.93. The number of benzene rings is 1. The van der Waals surface area contributed by atoms with Crippen LogP contribution in [0.2, 0.25) is 0 Å². The Labute approximate surface area is 143 Å². The molecule has 0 aliphatic carbocycles. The Kier molecular flexibility index (Phi) is 3.97. The van der Waals surface area contributed by atoms with Crippen molar-refractivity contribution >= 4 is 17.4 Å². The molecule has 0 bridgehead atoms. The molecule has 4 nitrogen and oxygen atoms in total. The van der Waals surface area contributed by atoms with Crippen LogP contribution in [0.1, 0.15) is 42.1 Å². The fourth-order valence-electron chi connectivity index (χ4n) is 3.93. The van der Waals surface area contributed by atoms with Crippen LogP contribution in [0, 0.1) is 0 Å². The van der Waals surface area contributed by atoms with Crippen molar-refractivity contribution in [2.24, 2.45) is 0 Å². The number of para-hydroxylation sites is 1. The van der Waals surface area contributed by atoms with Crippen molar-refractivity contribution in [3.63, 3.8) is 0 Å². The molecule has 0 N–H and O–H groups in total. The van der Waals surface area contributed by atoms with Gasteiger partial charge in [-0.2, -0.15) is 0 Å². The Morgan fingerprint density at radius 1 is 1.08 bits per heavy atom. The standard InChI is InChI=1S/C20H23N3O/c1-15-14-16-8-3-4-10-18(16)23(15)20(24)17-9-7-11-21-19(17)22-12-5-2-6-13-22/h3-4,7-11,15H,2,5-6,12-14H2,1H3. The molecule has 1 aromatic heterocycles. The van der Waals surface area contributed by atoms with Crippen molar-refractivity contribution in [2.75, 3.05) is 22.9 Å². The quantitative estimate of drug-likeness (QED) is 0.847. The molecule has 0 saturated carbocycles. The Morgan fingerprint density at radius 2 is 1.88 bits per heavy atom. The van der Waals surface area contributed by atoms with Gasteiger partial charge < -0.3 is 9.80 Å². The summed E-state index contributed by atoms with van der Waals surface area (Å²) in [6, 6.07) is 12.2. The maximum absolute atomic E-state index is 13.3. The predicted molar refractivity (Wildman–Crippen MR) is 96.7 cm³/mol. The molecule has 1 aromatic carbocycles. The van der Waals surface area contributed by atoms with E-state index < -0.39 is 0 Å². The first-order valence-electron chi connectivity index (χ1n) is 8.87. The first-order chi connectivity index (χ1) is 11.8. The van der Waals surface area contributed by atoms with Crippen molar-refractivity contribution in [1.29, 1.82) is 0 Å². The average molecular weight is 321 g/mol. The lowest BCUT2D eigenvalue weighted by Crippen LogP contribution is -2.38. The van der Waals surface area contributed by atoms with E-state index >= 15 is 0 Å². The van der Waals surface area contributed by atoms with Crippen LogP contribution in [0.15, 0.2) is 42.6 Å². The number of pyridine rings is 1. The zero-order valence-electron chi connectivity index (χ0n) is 14.1. The lowest BCUT2D eigenvalue weighted by molar-refractivity contribution is 0.0981. The van der Waals surface area contributed by atoms with Crippen LogP contribution in [-0.2, 0) is 6.42 Å². The lowest BCUT2D eigenvalue weighted by Gasteiger charge is -2.30. The van der Waals surface area contributed by atoms with E-state index in [-0.39, 0.29) is 11.9 Å². The van der Waals surface area contributed by atoms with E-state index in [0.29, 0.717) is 0 Å². The molecule has 3 heterocycles. The molecular formula is C20H23N3O. The van der Waals surface area contributed by atoms with Gasteiger partial charge in [0.05, 0.1) is 5.56 Å². The van der Waals surface area contributed by atoms with E-state index in [9.17, 15) is 4.79 Å². The van der Waals surface area contributed by atoms with Crippen LogP contribution in [-0.4, -0.2) is 30.0 Å². The number of nitrogens with zero attached hydrogens (tertiary/aromatic N) is 3.